The number of para-hydroxylation sites is 1. The largest absolute Gasteiger partial charge is 0.369 e. The predicted molar refractivity (Wildman–Crippen MR) is 142 cm³/mol. The number of nitrogens with two attached hydrogens (primary N) is 1. The molecule has 1 aromatic heterocycles. The molecule has 0 radical (unpaired) electrons. The van der Waals surface area contributed by atoms with Crippen LogP contribution in [-0.2, 0) is 19.6 Å². The van der Waals surface area contributed by atoms with E-state index in [-0.39, 0.29) is 28.7 Å². The van der Waals surface area contributed by atoms with E-state index in [1.165, 1.54) is 0 Å². The lowest BCUT2D eigenvalue weighted by atomic mass is 9.56. The quantitative estimate of drug-likeness (QED) is 0.505. The zero-order chi connectivity index (χ0) is 26.3. The number of sulfonamides is 1. The molecule has 8 nitrogen and oxygen atoms in total. The predicted octanol–water partition coefficient (Wildman–Crippen LogP) is 3.79. The summed E-state index contributed by atoms with van der Waals surface area (Å²) in [6.07, 6.45) is 9.83. The molecule has 1 heterocycles. The van der Waals surface area contributed by atoms with Crippen molar-refractivity contribution in [1.82, 2.24) is 15.0 Å². The number of nitrogens with one attached hydrogen (secondary N) is 2. The Morgan fingerprint density at radius 1 is 1.08 bits per heavy atom. The Morgan fingerprint density at radius 3 is 2.57 bits per heavy atom. The Bertz CT molecular complexity index is 1280. The summed E-state index contributed by atoms with van der Waals surface area (Å²) in [4.78, 5) is 30.8. The molecule has 0 saturated heterocycles. The van der Waals surface area contributed by atoms with E-state index in [4.69, 9.17) is 5.73 Å². The van der Waals surface area contributed by atoms with Gasteiger partial charge in [-0.25, -0.2) is 8.42 Å². The summed E-state index contributed by atoms with van der Waals surface area (Å²) in [5, 5.41) is 4.00. The van der Waals surface area contributed by atoms with Crippen LogP contribution in [-0.4, -0.2) is 36.8 Å². The second-order valence-corrected chi connectivity index (χ2v) is 13.2. The minimum absolute atomic E-state index is 0.0862. The van der Waals surface area contributed by atoms with Gasteiger partial charge in [0.15, 0.2) is 0 Å². The van der Waals surface area contributed by atoms with E-state index < -0.39 is 21.0 Å². The molecule has 2 amide bonds. The zero-order valence-electron chi connectivity index (χ0n) is 21.5. The summed E-state index contributed by atoms with van der Waals surface area (Å²) in [7, 11) is -4.02. The van der Waals surface area contributed by atoms with Crippen LogP contribution in [0.15, 0.2) is 41.4 Å². The number of rotatable bonds is 7. The topological polar surface area (TPSA) is 131 Å². The van der Waals surface area contributed by atoms with Gasteiger partial charge in [0.05, 0.1) is 5.52 Å². The van der Waals surface area contributed by atoms with Crippen molar-refractivity contribution < 1.29 is 18.0 Å². The molecule has 2 bridgehead atoms. The maximum Gasteiger partial charge on any atom is 0.243 e. The first-order chi connectivity index (χ1) is 17.7. The second-order valence-electron chi connectivity index (χ2n) is 11.5. The molecule has 3 fully saturated rings. The fourth-order valence-electron chi connectivity index (χ4n) is 7.18. The molecule has 3 saturated carbocycles. The van der Waals surface area contributed by atoms with Crippen LogP contribution in [0.5, 0.6) is 0 Å². The average molecular weight is 527 g/mol. The van der Waals surface area contributed by atoms with Crippen molar-refractivity contribution >= 4 is 32.7 Å². The molecule has 0 aliphatic heterocycles. The van der Waals surface area contributed by atoms with E-state index >= 15 is 0 Å². The van der Waals surface area contributed by atoms with Gasteiger partial charge in [0.1, 0.15) is 10.4 Å². The van der Waals surface area contributed by atoms with Crippen molar-refractivity contribution in [1.29, 1.82) is 0 Å². The highest BCUT2D eigenvalue weighted by atomic mass is 32.2. The lowest BCUT2D eigenvalue weighted by molar-refractivity contribution is -0.137. The highest BCUT2D eigenvalue weighted by Crippen LogP contribution is 2.51. The van der Waals surface area contributed by atoms with Gasteiger partial charge in [0.2, 0.25) is 21.8 Å². The van der Waals surface area contributed by atoms with E-state index in [0.717, 1.165) is 43.9 Å². The molecule has 4 unspecified atom stereocenters. The number of benzene rings is 1. The normalized spacial score (nSPS) is 29.5. The van der Waals surface area contributed by atoms with Gasteiger partial charge in [-0.1, -0.05) is 50.8 Å². The van der Waals surface area contributed by atoms with Crippen molar-refractivity contribution in [2.24, 2.45) is 23.0 Å². The summed E-state index contributed by atoms with van der Waals surface area (Å²) < 4.78 is 30.3. The maximum absolute atomic E-state index is 13.9. The molecule has 3 aliphatic rings. The Labute approximate surface area is 219 Å². The van der Waals surface area contributed by atoms with Crippen molar-refractivity contribution in [3.05, 3.63) is 36.5 Å². The van der Waals surface area contributed by atoms with Gasteiger partial charge in [-0.3, -0.25) is 14.6 Å². The lowest BCUT2D eigenvalue weighted by Crippen LogP contribution is -2.63. The van der Waals surface area contributed by atoms with Crippen LogP contribution in [0.4, 0.5) is 0 Å². The molecule has 2 aromatic rings. The number of primary amides is 1. The van der Waals surface area contributed by atoms with Gasteiger partial charge in [-0.2, -0.15) is 4.72 Å². The molecule has 4 N–H and O–H groups in total. The zero-order valence-corrected chi connectivity index (χ0v) is 22.4. The van der Waals surface area contributed by atoms with Gasteiger partial charge in [0, 0.05) is 23.0 Å². The summed E-state index contributed by atoms with van der Waals surface area (Å²) in [5.41, 5.74) is 4.58. The first-order valence-corrected chi connectivity index (χ1v) is 15.1. The van der Waals surface area contributed by atoms with Gasteiger partial charge >= 0.3 is 0 Å². The minimum Gasteiger partial charge on any atom is -0.369 e. The molecule has 5 rings (SSSR count). The second kappa shape index (κ2) is 9.98. The van der Waals surface area contributed by atoms with Gasteiger partial charge < -0.3 is 11.1 Å². The highest BCUT2D eigenvalue weighted by Gasteiger charge is 2.51. The SMILES string of the molecule is CCC1CC2CC(C(N)=O)(CCC2NC(=O)C2(NS(=O)(=O)c3cccc4cccnc34)CCCCC2)C1. The summed E-state index contributed by atoms with van der Waals surface area (Å²) in [6.45, 7) is 2.14. The van der Waals surface area contributed by atoms with Gasteiger partial charge in [-0.15, -0.1) is 0 Å². The Morgan fingerprint density at radius 2 is 1.84 bits per heavy atom. The van der Waals surface area contributed by atoms with E-state index in [1.807, 2.05) is 12.1 Å². The Hall–Kier alpha value is -2.52. The molecular weight excluding hydrogens is 488 g/mol. The van der Waals surface area contributed by atoms with Crippen LogP contribution in [0.3, 0.4) is 0 Å². The summed E-state index contributed by atoms with van der Waals surface area (Å²) >= 11 is 0. The number of carbonyl (C=O) groups excluding carboxylic acids is 2. The molecule has 37 heavy (non-hydrogen) atoms. The third-order valence-electron chi connectivity index (χ3n) is 9.24. The van der Waals surface area contributed by atoms with E-state index in [1.54, 1.807) is 24.4 Å². The fraction of sp³-hybridized carbons (Fsp3) is 0.607. The van der Waals surface area contributed by atoms with Crippen LogP contribution in [0.25, 0.3) is 10.9 Å². The summed E-state index contributed by atoms with van der Waals surface area (Å²) in [6, 6.07) is 8.58. The van der Waals surface area contributed by atoms with Crippen molar-refractivity contribution in [2.45, 2.75) is 94.0 Å². The van der Waals surface area contributed by atoms with Crippen LogP contribution < -0.4 is 15.8 Å². The third-order valence-corrected chi connectivity index (χ3v) is 10.8. The smallest absolute Gasteiger partial charge is 0.243 e. The molecule has 4 atom stereocenters. The Balaban J connectivity index is 1.40. The molecule has 1 aromatic carbocycles. The third kappa shape index (κ3) is 4.88. The van der Waals surface area contributed by atoms with Crippen LogP contribution >= 0.6 is 0 Å². The van der Waals surface area contributed by atoms with Gasteiger partial charge in [0.25, 0.3) is 0 Å². The number of fused-ring (bicyclic) bond motifs is 3. The maximum atomic E-state index is 13.9. The highest BCUT2D eigenvalue weighted by molar-refractivity contribution is 7.89. The standard InChI is InChI=1S/C28H38N4O4S/c1-2-19-16-21-18-27(17-19,25(29)33)14-11-22(21)31-26(34)28(12-4-3-5-13-28)32-37(35,36)23-10-6-8-20-9-7-15-30-24(20)23/h6-10,15,19,21-22,32H,2-5,11-14,16-18H2,1H3,(H2,29,33)(H,31,34). The first kappa shape index (κ1) is 26.1. The molecule has 9 heteroatoms. The number of carbonyl (C=O) groups is 2. The molecule has 0 spiro atoms. The van der Waals surface area contributed by atoms with Crippen LogP contribution in [0, 0.1) is 17.3 Å². The van der Waals surface area contributed by atoms with Gasteiger partial charge in [-0.05, 0) is 68.9 Å². The fourth-order valence-corrected chi connectivity index (χ4v) is 8.78. The van der Waals surface area contributed by atoms with Crippen molar-refractivity contribution in [3.8, 4) is 0 Å². The number of pyridine rings is 1. The number of nitrogens with zero attached hydrogens (tertiary/aromatic N) is 1. The van der Waals surface area contributed by atoms with Crippen molar-refractivity contribution in [2.75, 3.05) is 0 Å². The number of amides is 2. The molecular formula is C28H38N4O4S. The number of aromatic nitrogens is 1. The average Bonchev–Trinajstić information content (AvgIpc) is 2.90. The summed E-state index contributed by atoms with van der Waals surface area (Å²) in [5.74, 6) is 0.107. The number of hydrogen-bond donors (Lipinski definition) is 3. The lowest BCUT2D eigenvalue weighted by Gasteiger charge is -2.50. The van der Waals surface area contributed by atoms with E-state index in [2.05, 4.69) is 21.9 Å². The first-order valence-electron chi connectivity index (χ1n) is 13.7. The molecule has 3 aliphatic carbocycles. The number of hydrogen-bond acceptors (Lipinski definition) is 5. The van der Waals surface area contributed by atoms with Crippen molar-refractivity contribution in [3.63, 3.8) is 0 Å². The van der Waals surface area contributed by atoms with Crippen LogP contribution in [0.1, 0.15) is 77.6 Å². The Kier molecular flexibility index (Phi) is 7.04. The van der Waals surface area contributed by atoms with Crippen LogP contribution in [0.2, 0.25) is 0 Å². The monoisotopic (exact) mass is 526 g/mol. The van der Waals surface area contributed by atoms with E-state index in [9.17, 15) is 18.0 Å². The van der Waals surface area contributed by atoms with E-state index in [0.29, 0.717) is 43.5 Å². The minimum atomic E-state index is -4.02. The molecule has 200 valence electrons.